The number of rotatable bonds is 5. The number of allylic oxidation sites excluding steroid dienone is 2. The third-order valence-corrected chi connectivity index (χ3v) is 7.72. The average Bonchev–Trinajstić information content (AvgIpc) is 3.08. The van der Waals surface area contributed by atoms with Crippen molar-refractivity contribution in [1.29, 1.82) is 0 Å². The van der Waals surface area contributed by atoms with Crippen LogP contribution in [-0.4, -0.2) is 17.5 Å². The molecule has 2 aliphatic carbocycles. The van der Waals surface area contributed by atoms with E-state index in [9.17, 15) is 9.59 Å². The number of esters is 2. The van der Waals surface area contributed by atoms with Crippen molar-refractivity contribution >= 4 is 27.9 Å². The minimum absolute atomic E-state index is 0.379. The summed E-state index contributed by atoms with van der Waals surface area (Å²) in [6, 6.07) is 0. The van der Waals surface area contributed by atoms with Gasteiger partial charge >= 0.3 is 11.9 Å². The molecule has 0 radical (unpaired) electrons. The molecule has 0 N–H and O–H groups in total. The maximum absolute atomic E-state index is 12.1. The van der Waals surface area contributed by atoms with Gasteiger partial charge < -0.3 is 9.47 Å². The molecular formula is C22H31BrO4. The summed E-state index contributed by atoms with van der Waals surface area (Å²) in [6.07, 6.45) is 9.73. The predicted molar refractivity (Wildman–Crippen MR) is 108 cm³/mol. The van der Waals surface area contributed by atoms with E-state index < -0.39 is 17.5 Å². The number of halogens is 1. The van der Waals surface area contributed by atoms with Gasteiger partial charge in [-0.3, -0.25) is 4.79 Å². The van der Waals surface area contributed by atoms with Gasteiger partial charge in [0.15, 0.2) is 0 Å². The maximum Gasteiger partial charge on any atom is 0.359 e. The number of carbonyl (C=O) groups excluding carboxylic acids is 2. The van der Waals surface area contributed by atoms with Crippen molar-refractivity contribution in [3.63, 3.8) is 0 Å². The summed E-state index contributed by atoms with van der Waals surface area (Å²) in [7, 11) is 0. The SMILES string of the molecule is CC(=O)O[C@@]1(C)C=C(CC[C@@H](C)[C@H]2CCC3/C(=C/Br)CCC[C@@]32C)OC1=O. The Balaban J connectivity index is 1.63. The number of cyclic esters (lactones) is 1. The molecule has 4 nitrogen and oxygen atoms in total. The van der Waals surface area contributed by atoms with E-state index in [0.29, 0.717) is 35.3 Å². The number of carbonyl (C=O) groups is 2. The minimum atomic E-state index is -1.27. The lowest BCUT2D eigenvalue weighted by atomic mass is 9.61. The van der Waals surface area contributed by atoms with E-state index in [2.05, 4.69) is 34.8 Å². The molecule has 5 heteroatoms. The lowest BCUT2D eigenvalue weighted by Gasteiger charge is -2.44. The Morgan fingerprint density at radius 2 is 2.19 bits per heavy atom. The largest absolute Gasteiger partial charge is 0.443 e. The fourth-order valence-electron chi connectivity index (χ4n) is 5.83. The van der Waals surface area contributed by atoms with Crippen LogP contribution in [0.15, 0.2) is 22.4 Å². The van der Waals surface area contributed by atoms with Crippen LogP contribution in [0.2, 0.25) is 0 Å². The topological polar surface area (TPSA) is 52.6 Å². The van der Waals surface area contributed by atoms with Crippen molar-refractivity contribution in [3.05, 3.63) is 22.4 Å². The molecule has 0 bridgehead atoms. The number of fused-ring (bicyclic) bond motifs is 1. The van der Waals surface area contributed by atoms with Crippen molar-refractivity contribution in [2.75, 3.05) is 0 Å². The normalized spacial score (nSPS) is 38.3. The molecule has 3 aliphatic rings. The molecule has 2 fully saturated rings. The van der Waals surface area contributed by atoms with E-state index in [4.69, 9.17) is 9.47 Å². The molecule has 0 aromatic heterocycles. The van der Waals surface area contributed by atoms with Crippen LogP contribution in [0.5, 0.6) is 0 Å². The summed E-state index contributed by atoms with van der Waals surface area (Å²) in [4.78, 5) is 25.5. The summed E-state index contributed by atoms with van der Waals surface area (Å²) in [5.41, 5.74) is 0.695. The molecule has 1 unspecified atom stereocenters. The van der Waals surface area contributed by atoms with E-state index in [1.165, 1.54) is 39.0 Å². The highest BCUT2D eigenvalue weighted by Crippen LogP contribution is 2.60. The highest BCUT2D eigenvalue weighted by atomic mass is 79.9. The summed E-state index contributed by atoms with van der Waals surface area (Å²) in [5, 5.41) is 0. The minimum Gasteiger partial charge on any atom is -0.443 e. The number of ether oxygens (including phenoxy) is 2. The second-order valence-corrected chi connectivity index (χ2v) is 9.45. The molecule has 0 aromatic rings. The van der Waals surface area contributed by atoms with Crippen LogP contribution >= 0.6 is 15.9 Å². The Labute approximate surface area is 170 Å². The van der Waals surface area contributed by atoms with Crippen molar-refractivity contribution < 1.29 is 19.1 Å². The van der Waals surface area contributed by atoms with Crippen LogP contribution in [0.1, 0.15) is 72.6 Å². The van der Waals surface area contributed by atoms with Gasteiger partial charge in [0.1, 0.15) is 5.76 Å². The van der Waals surface area contributed by atoms with Crippen molar-refractivity contribution in [1.82, 2.24) is 0 Å². The average molecular weight is 439 g/mol. The number of hydrogen-bond acceptors (Lipinski definition) is 4. The maximum atomic E-state index is 12.1. The zero-order valence-electron chi connectivity index (χ0n) is 16.8. The van der Waals surface area contributed by atoms with Gasteiger partial charge in [0, 0.05) is 19.4 Å². The van der Waals surface area contributed by atoms with Crippen LogP contribution in [0.25, 0.3) is 0 Å². The van der Waals surface area contributed by atoms with Gasteiger partial charge in [0.2, 0.25) is 5.60 Å². The first kappa shape index (κ1) is 20.6. The molecule has 0 amide bonds. The van der Waals surface area contributed by atoms with Gasteiger partial charge in [-0.2, -0.15) is 0 Å². The van der Waals surface area contributed by atoms with Gasteiger partial charge in [0.05, 0.1) is 0 Å². The van der Waals surface area contributed by atoms with Gasteiger partial charge in [0.25, 0.3) is 0 Å². The zero-order valence-corrected chi connectivity index (χ0v) is 18.4. The fraction of sp³-hybridized carbons (Fsp3) is 0.727. The lowest BCUT2D eigenvalue weighted by molar-refractivity contribution is -0.167. The third-order valence-electron chi connectivity index (χ3n) is 7.13. The Bertz CT molecular complexity index is 682. The van der Waals surface area contributed by atoms with Crippen LogP contribution < -0.4 is 0 Å². The Hall–Kier alpha value is -1.10. The van der Waals surface area contributed by atoms with E-state index in [0.717, 1.165) is 6.42 Å². The Morgan fingerprint density at radius 1 is 1.44 bits per heavy atom. The molecule has 0 saturated heterocycles. The summed E-state index contributed by atoms with van der Waals surface area (Å²) in [5.74, 6) is 1.64. The third kappa shape index (κ3) is 3.90. The first-order valence-corrected chi connectivity index (χ1v) is 11.0. The fourth-order valence-corrected chi connectivity index (χ4v) is 6.37. The molecule has 5 atom stereocenters. The molecule has 0 spiro atoms. The molecule has 1 aliphatic heterocycles. The second kappa shape index (κ2) is 7.73. The predicted octanol–water partition coefficient (Wildman–Crippen LogP) is 5.66. The van der Waals surface area contributed by atoms with Gasteiger partial charge in [-0.05, 0) is 73.6 Å². The van der Waals surface area contributed by atoms with Crippen LogP contribution in [-0.2, 0) is 19.1 Å². The summed E-state index contributed by atoms with van der Waals surface area (Å²) < 4.78 is 10.5. The lowest BCUT2D eigenvalue weighted by Crippen LogP contribution is -2.35. The molecular weight excluding hydrogens is 408 g/mol. The molecule has 150 valence electrons. The molecule has 0 aromatic carbocycles. The Kier molecular flexibility index (Phi) is 5.90. The van der Waals surface area contributed by atoms with Crippen LogP contribution in [0, 0.1) is 23.2 Å². The van der Waals surface area contributed by atoms with E-state index in [1.807, 2.05) is 0 Å². The van der Waals surface area contributed by atoms with Gasteiger partial charge in [-0.1, -0.05) is 35.4 Å². The zero-order chi connectivity index (χ0) is 19.8. The standard InChI is InChI=1S/C22H31BrO4/c1-14(7-8-17-12-22(4,20(25)26-17)27-15(2)24)18-9-10-19-16(13-23)6-5-11-21(18,19)3/h12-14,18-19H,5-11H2,1-4H3/b16-13+/t14-,18-,19?,21-,22+/m1/s1. The second-order valence-electron chi connectivity index (χ2n) is 9.00. The highest BCUT2D eigenvalue weighted by molar-refractivity contribution is 9.11. The molecule has 1 heterocycles. The summed E-state index contributed by atoms with van der Waals surface area (Å²) >= 11 is 3.58. The smallest absolute Gasteiger partial charge is 0.359 e. The summed E-state index contributed by atoms with van der Waals surface area (Å²) in [6.45, 7) is 7.72. The highest BCUT2D eigenvalue weighted by Gasteiger charge is 2.50. The van der Waals surface area contributed by atoms with Crippen molar-refractivity contribution in [2.24, 2.45) is 23.2 Å². The molecule has 3 rings (SSSR count). The quantitative estimate of drug-likeness (QED) is 0.519. The van der Waals surface area contributed by atoms with E-state index in [-0.39, 0.29) is 0 Å². The van der Waals surface area contributed by atoms with Crippen molar-refractivity contribution in [2.45, 2.75) is 78.2 Å². The first-order chi connectivity index (χ1) is 12.7. The Morgan fingerprint density at radius 3 is 2.85 bits per heavy atom. The number of hydrogen-bond donors (Lipinski definition) is 0. The van der Waals surface area contributed by atoms with Gasteiger partial charge in [-0.25, -0.2) is 4.79 Å². The van der Waals surface area contributed by atoms with Crippen LogP contribution in [0.3, 0.4) is 0 Å². The molecule has 27 heavy (non-hydrogen) atoms. The monoisotopic (exact) mass is 438 g/mol. The van der Waals surface area contributed by atoms with E-state index >= 15 is 0 Å². The first-order valence-electron chi connectivity index (χ1n) is 10.1. The van der Waals surface area contributed by atoms with E-state index in [1.54, 1.807) is 18.6 Å². The van der Waals surface area contributed by atoms with Crippen LogP contribution in [0.4, 0.5) is 0 Å². The van der Waals surface area contributed by atoms with Gasteiger partial charge in [-0.15, -0.1) is 0 Å². The molecule has 2 saturated carbocycles. The van der Waals surface area contributed by atoms with Crippen molar-refractivity contribution in [3.8, 4) is 0 Å².